The first kappa shape index (κ1) is 11.7. The molecule has 1 saturated heterocycles. The Bertz CT molecular complexity index is 317. The summed E-state index contributed by atoms with van der Waals surface area (Å²) in [6.45, 7) is 6.87. The third kappa shape index (κ3) is 2.34. The van der Waals surface area contributed by atoms with E-state index in [1.165, 1.54) is 4.90 Å². The van der Waals surface area contributed by atoms with Crippen LogP contribution in [0, 0.1) is 5.41 Å². The van der Waals surface area contributed by atoms with Gasteiger partial charge >= 0.3 is 0 Å². The van der Waals surface area contributed by atoms with Crippen LogP contribution in [0.3, 0.4) is 0 Å². The van der Waals surface area contributed by atoms with Gasteiger partial charge in [0.2, 0.25) is 17.7 Å². The quantitative estimate of drug-likeness (QED) is 0.570. The van der Waals surface area contributed by atoms with Crippen molar-refractivity contribution >= 4 is 17.7 Å². The second kappa shape index (κ2) is 3.64. The lowest BCUT2D eigenvalue weighted by molar-refractivity contribution is -0.153. The van der Waals surface area contributed by atoms with E-state index in [1.807, 2.05) is 0 Å². The third-order valence-corrected chi connectivity index (χ3v) is 2.33. The normalized spacial score (nSPS) is 22.7. The molecule has 3 amide bonds. The van der Waals surface area contributed by atoms with Gasteiger partial charge in [0.25, 0.3) is 0 Å². The highest BCUT2D eigenvalue weighted by molar-refractivity contribution is 6.04. The van der Waals surface area contributed by atoms with Gasteiger partial charge in [-0.1, -0.05) is 20.8 Å². The summed E-state index contributed by atoms with van der Waals surface area (Å²) in [6, 6.07) is -0.575. The van der Waals surface area contributed by atoms with Crippen LogP contribution < -0.4 is 5.32 Å². The first-order valence-electron chi connectivity index (χ1n) is 4.88. The fraction of sp³-hybridized carbons (Fsp3) is 0.700. The van der Waals surface area contributed by atoms with E-state index in [-0.39, 0.29) is 12.5 Å². The number of hydrogen-bond acceptors (Lipinski definition) is 3. The Hall–Kier alpha value is -1.39. The van der Waals surface area contributed by atoms with Crippen molar-refractivity contribution in [2.45, 2.75) is 33.7 Å². The van der Waals surface area contributed by atoms with Gasteiger partial charge in [0.15, 0.2) is 0 Å². The largest absolute Gasteiger partial charge is 0.321 e. The van der Waals surface area contributed by atoms with E-state index in [0.717, 1.165) is 0 Å². The first-order chi connectivity index (χ1) is 6.73. The molecule has 1 atom stereocenters. The molecule has 0 aliphatic carbocycles. The molecule has 15 heavy (non-hydrogen) atoms. The van der Waals surface area contributed by atoms with E-state index in [9.17, 15) is 14.4 Å². The van der Waals surface area contributed by atoms with Crippen molar-refractivity contribution in [2.75, 3.05) is 6.54 Å². The molecule has 0 bridgehead atoms. The van der Waals surface area contributed by atoms with Crippen LogP contribution in [0.5, 0.6) is 0 Å². The maximum atomic E-state index is 11.9. The second-order valence-electron chi connectivity index (χ2n) is 4.77. The molecule has 0 saturated carbocycles. The minimum atomic E-state index is -0.577. The average molecular weight is 212 g/mol. The summed E-state index contributed by atoms with van der Waals surface area (Å²) in [7, 11) is 0. The fourth-order valence-electron chi connectivity index (χ4n) is 1.39. The predicted molar refractivity (Wildman–Crippen MR) is 53.8 cm³/mol. The number of carbonyl (C=O) groups is 3. The Morgan fingerprint density at radius 1 is 1.40 bits per heavy atom. The highest BCUT2D eigenvalue weighted by atomic mass is 16.2. The molecule has 0 aromatic heterocycles. The lowest BCUT2D eigenvalue weighted by Gasteiger charge is -2.35. The summed E-state index contributed by atoms with van der Waals surface area (Å²) in [4.78, 5) is 35.7. The Morgan fingerprint density at radius 3 is 2.40 bits per heavy atom. The van der Waals surface area contributed by atoms with Crippen LogP contribution in [0.4, 0.5) is 0 Å². The molecule has 1 aliphatic rings. The van der Waals surface area contributed by atoms with Crippen molar-refractivity contribution in [2.24, 2.45) is 5.41 Å². The molecule has 1 unspecified atom stereocenters. The Labute approximate surface area is 88.8 Å². The second-order valence-corrected chi connectivity index (χ2v) is 4.77. The number of piperazine rings is 1. The molecule has 0 radical (unpaired) electrons. The van der Waals surface area contributed by atoms with Gasteiger partial charge in [0.05, 0.1) is 0 Å². The van der Waals surface area contributed by atoms with Crippen molar-refractivity contribution in [1.29, 1.82) is 0 Å². The smallest absolute Gasteiger partial charge is 0.249 e. The molecule has 1 aliphatic heterocycles. The number of amides is 3. The summed E-state index contributed by atoms with van der Waals surface area (Å²) in [5, 5.41) is 2.19. The Morgan fingerprint density at radius 2 is 1.93 bits per heavy atom. The van der Waals surface area contributed by atoms with Crippen molar-refractivity contribution in [3.8, 4) is 0 Å². The lowest BCUT2D eigenvalue weighted by Crippen LogP contribution is -2.60. The van der Waals surface area contributed by atoms with Gasteiger partial charge in [-0.15, -0.1) is 0 Å². The Balaban J connectivity index is 2.89. The zero-order valence-electron chi connectivity index (χ0n) is 9.46. The molecule has 0 aromatic rings. The van der Waals surface area contributed by atoms with Crippen molar-refractivity contribution in [3.05, 3.63) is 0 Å². The van der Waals surface area contributed by atoms with E-state index in [1.54, 1.807) is 27.7 Å². The van der Waals surface area contributed by atoms with E-state index in [4.69, 9.17) is 0 Å². The SMILES string of the molecule is CC1C(=O)NC(=O)CN1C(=O)C(C)(C)C. The van der Waals surface area contributed by atoms with Crippen LogP contribution in [0.25, 0.3) is 0 Å². The van der Waals surface area contributed by atoms with E-state index in [2.05, 4.69) is 5.32 Å². The molecule has 1 heterocycles. The van der Waals surface area contributed by atoms with E-state index in [0.29, 0.717) is 0 Å². The molecule has 0 spiro atoms. The van der Waals surface area contributed by atoms with Gasteiger partial charge in [-0.2, -0.15) is 0 Å². The topological polar surface area (TPSA) is 66.5 Å². The van der Waals surface area contributed by atoms with E-state index >= 15 is 0 Å². The van der Waals surface area contributed by atoms with Gasteiger partial charge in [0, 0.05) is 5.41 Å². The number of nitrogens with one attached hydrogen (secondary N) is 1. The fourth-order valence-corrected chi connectivity index (χ4v) is 1.39. The summed E-state index contributed by atoms with van der Waals surface area (Å²) in [5.74, 6) is -1.02. The number of nitrogens with zero attached hydrogens (tertiary/aromatic N) is 1. The standard InChI is InChI=1S/C10H16N2O3/c1-6-8(14)11-7(13)5-12(6)9(15)10(2,3)4/h6H,5H2,1-4H3,(H,11,13,14). The van der Waals surface area contributed by atoms with Gasteiger partial charge in [-0.25, -0.2) is 0 Å². The van der Waals surface area contributed by atoms with Gasteiger partial charge in [0.1, 0.15) is 12.6 Å². The molecular formula is C10H16N2O3. The number of imide groups is 1. The van der Waals surface area contributed by atoms with Gasteiger partial charge < -0.3 is 4.90 Å². The maximum Gasteiger partial charge on any atom is 0.249 e. The molecular weight excluding hydrogens is 196 g/mol. The van der Waals surface area contributed by atoms with Gasteiger partial charge in [-0.05, 0) is 6.92 Å². The minimum absolute atomic E-state index is 0.0387. The van der Waals surface area contributed by atoms with Crippen LogP contribution >= 0.6 is 0 Å². The highest BCUT2D eigenvalue weighted by Crippen LogP contribution is 2.20. The zero-order chi connectivity index (χ0) is 11.8. The number of hydrogen-bond donors (Lipinski definition) is 1. The predicted octanol–water partition coefficient (Wildman–Crippen LogP) is -0.0940. The lowest BCUT2D eigenvalue weighted by atomic mass is 9.93. The maximum absolute atomic E-state index is 11.9. The zero-order valence-corrected chi connectivity index (χ0v) is 9.46. The summed E-state index contributed by atoms with van der Waals surface area (Å²) >= 11 is 0. The van der Waals surface area contributed by atoms with Crippen LogP contribution in [0.15, 0.2) is 0 Å². The van der Waals surface area contributed by atoms with Crippen LogP contribution in [0.2, 0.25) is 0 Å². The van der Waals surface area contributed by atoms with Crippen molar-refractivity contribution in [3.63, 3.8) is 0 Å². The summed E-state index contributed by atoms with van der Waals surface area (Å²) in [5.41, 5.74) is -0.577. The summed E-state index contributed by atoms with van der Waals surface area (Å²) < 4.78 is 0. The first-order valence-corrected chi connectivity index (χ1v) is 4.88. The third-order valence-electron chi connectivity index (χ3n) is 2.33. The van der Waals surface area contributed by atoms with E-state index < -0.39 is 23.3 Å². The Kier molecular flexibility index (Phi) is 2.83. The molecule has 84 valence electrons. The molecule has 0 aromatic carbocycles. The van der Waals surface area contributed by atoms with Crippen molar-refractivity contribution in [1.82, 2.24) is 10.2 Å². The van der Waals surface area contributed by atoms with Gasteiger partial charge in [-0.3, -0.25) is 19.7 Å². The number of rotatable bonds is 0. The average Bonchev–Trinajstić information content (AvgIpc) is 2.08. The van der Waals surface area contributed by atoms with Crippen LogP contribution in [0.1, 0.15) is 27.7 Å². The van der Waals surface area contributed by atoms with Crippen LogP contribution in [-0.2, 0) is 14.4 Å². The molecule has 1 N–H and O–H groups in total. The molecule has 5 nitrogen and oxygen atoms in total. The highest BCUT2D eigenvalue weighted by Gasteiger charge is 2.37. The summed E-state index contributed by atoms with van der Waals surface area (Å²) in [6.07, 6.45) is 0. The van der Waals surface area contributed by atoms with Crippen LogP contribution in [-0.4, -0.2) is 35.2 Å². The minimum Gasteiger partial charge on any atom is -0.321 e. The van der Waals surface area contributed by atoms with Crippen molar-refractivity contribution < 1.29 is 14.4 Å². The monoisotopic (exact) mass is 212 g/mol. The molecule has 1 fully saturated rings. The molecule has 1 rings (SSSR count). The number of carbonyl (C=O) groups excluding carboxylic acids is 3. The molecule has 5 heteroatoms.